The molecule has 0 aromatic rings. The third-order valence-corrected chi connectivity index (χ3v) is 16.5. The molecule has 19 heteroatoms. The molecule has 2 unspecified atom stereocenters. The number of phosphoric acid groups is 2. The van der Waals surface area contributed by atoms with Gasteiger partial charge in [0.25, 0.3) is 0 Å². The van der Waals surface area contributed by atoms with Crippen molar-refractivity contribution in [1.82, 2.24) is 0 Å². The summed E-state index contributed by atoms with van der Waals surface area (Å²) in [5.41, 5.74) is 0. The number of aliphatic hydroxyl groups is 1. The van der Waals surface area contributed by atoms with Crippen LogP contribution in [0.15, 0.2) is 0 Å². The third-order valence-electron chi connectivity index (χ3n) is 14.6. The number of carbonyl (C=O) groups is 4. The average molecular weight is 1230 g/mol. The lowest BCUT2D eigenvalue weighted by atomic mass is 10.0. The van der Waals surface area contributed by atoms with E-state index in [4.69, 9.17) is 37.0 Å². The zero-order chi connectivity index (χ0) is 61.7. The van der Waals surface area contributed by atoms with Crippen LogP contribution in [0, 0.1) is 17.8 Å². The van der Waals surface area contributed by atoms with Gasteiger partial charge in [0.05, 0.1) is 26.4 Å². The van der Waals surface area contributed by atoms with Crippen molar-refractivity contribution in [2.75, 3.05) is 39.6 Å². The Morgan fingerprint density at radius 1 is 0.325 bits per heavy atom. The van der Waals surface area contributed by atoms with E-state index in [0.717, 1.165) is 108 Å². The maximum atomic E-state index is 13.0. The number of hydrogen-bond acceptors (Lipinski definition) is 15. The van der Waals surface area contributed by atoms with Gasteiger partial charge in [-0.1, -0.05) is 260 Å². The maximum absolute atomic E-state index is 13.0. The minimum Gasteiger partial charge on any atom is -0.462 e. The second-order valence-electron chi connectivity index (χ2n) is 24.6. The molecule has 0 rings (SSSR count). The Kier molecular flexibility index (Phi) is 54.1. The van der Waals surface area contributed by atoms with Gasteiger partial charge in [-0.05, 0) is 43.4 Å². The molecule has 0 aromatic carbocycles. The first-order valence-corrected chi connectivity index (χ1v) is 36.3. The Hall–Kier alpha value is -1.94. The molecule has 0 amide bonds. The monoisotopic (exact) mass is 1230 g/mol. The van der Waals surface area contributed by atoms with Crippen LogP contribution in [0.25, 0.3) is 0 Å². The number of esters is 4. The molecule has 0 heterocycles. The van der Waals surface area contributed by atoms with E-state index in [1.165, 1.54) is 116 Å². The molecule has 0 radical (unpaired) electrons. The third kappa shape index (κ3) is 58.8. The predicted molar refractivity (Wildman–Crippen MR) is 331 cm³/mol. The number of ether oxygens (including phenoxy) is 4. The molecule has 0 spiro atoms. The molecule has 0 fully saturated rings. The van der Waals surface area contributed by atoms with E-state index < -0.39 is 97.5 Å². The zero-order valence-electron chi connectivity index (χ0n) is 53.6. The fourth-order valence-electron chi connectivity index (χ4n) is 9.48. The summed E-state index contributed by atoms with van der Waals surface area (Å²) in [5.74, 6) is 0.0787. The van der Waals surface area contributed by atoms with Gasteiger partial charge in [-0.3, -0.25) is 37.3 Å². The fraction of sp³-hybridized carbons (Fsp3) is 0.938. The summed E-state index contributed by atoms with van der Waals surface area (Å²) in [4.78, 5) is 72.0. The molecule has 492 valence electrons. The van der Waals surface area contributed by atoms with E-state index in [0.29, 0.717) is 31.6 Å². The summed E-state index contributed by atoms with van der Waals surface area (Å²) in [6.45, 7) is 11.6. The first kappa shape index (κ1) is 81.1. The van der Waals surface area contributed by atoms with Crippen molar-refractivity contribution in [2.24, 2.45) is 17.8 Å². The van der Waals surface area contributed by atoms with Crippen molar-refractivity contribution in [3.05, 3.63) is 0 Å². The van der Waals surface area contributed by atoms with Gasteiger partial charge in [-0.2, -0.15) is 0 Å². The largest absolute Gasteiger partial charge is 0.472 e. The lowest BCUT2D eigenvalue weighted by Gasteiger charge is -2.21. The van der Waals surface area contributed by atoms with E-state index in [1.54, 1.807) is 0 Å². The SMILES string of the molecule is CCCCCCCC(=O)OC[C@H](COP(=O)(O)OC[C@H](O)COP(=O)(O)OC[C@@H](COC(=O)CCCCCCCCCCCC(C)C)OC(=O)CCCCCCCCCCCCCCCC(C)C)OC(=O)CCCCCCCCCC(C)C. The molecule has 0 aliphatic carbocycles. The van der Waals surface area contributed by atoms with Crippen LogP contribution in [0.2, 0.25) is 0 Å². The van der Waals surface area contributed by atoms with Gasteiger partial charge in [-0.25, -0.2) is 9.13 Å². The lowest BCUT2D eigenvalue weighted by Crippen LogP contribution is -2.30. The first-order chi connectivity index (χ1) is 39.7. The smallest absolute Gasteiger partial charge is 0.462 e. The summed E-state index contributed by atoms with van der Waals surface area (Å²) in [6.07, 6.45) is 36.7. The number of aliphatic hydroxyl groups excluding tert-OH is 1. The molecular weight excluding hydrogens is 1100 g/mol. The minimum absolute atomic E-state index is 0.102. The standard InChI is InChI=1S/C64H124O17P2/c1-8-9-10-28-38-45-61(66)74-51-59(80-64(69)48-41-34-27-21-24-31-37-44-57(6)7)53-78-82(70,71)76-49-58(65)50-77-83(72,73)79-54-60(52-75-62(67)46-39-32-25-20-16-18-23-30-36-43-56(4)5)81-63(68)47-40-33-26-19-15-13-11-12-14-17-22-29-35-42-55(2)3/h55-60,65H,8-54H2,1-7H3,(H,70,71)(H,72,73)/t58-,59+,60+/m0/s1. The number of carbonyl (C=O) groups excluding carboxylic acids is 4. The number of hydrogen-bond donors (Lipinski definition) is 3. The lowest BCUT2D eigenvalue weighted by molar-refractivity contribution is -0.161. The summed E-state index contributed by atoms with van der Waals surface area (Å²) < 4.78 is 67.8. The van der Waals surface area contributed by atoms with Crippen LogP contribution in [-0.2, 0) is 65.4 Å². The van der Waals surface area contributed by atoms with Crippen LogP contribution in [0.3, 0.4) is 0 Å². The molecule has 0 bridgehead atoms. The van der Waals surface area contributed by atoms with Crippen molar-refractivity contribution < 1.29 is 80.2 Å². The molecular formula is C64H124O17P2. The molecule has 3 N–H and O–H groups in total. The quantitative estimate of drug-likeness (QED) is 0.0222. The molecule has 0 aromatic heterocycles. The molecule has 0 saturated carbocycles. The van der Waals surface area contributed by atoms with Crippen molar-refractivity contribution in [3.8, 4) is 0 Å². The Balaban J connectivity index is 5.17. The maximum Gasteiger partial charge on any atom is 0.472 e. The molecule has 0 aliphatic heterocycles. The first-order valence-electron chi connectivity index (χ1n) is 33.3. The number of rotatable bonds is 62. The highest BCUT2D eigenvalue weighted by atomic mass is 31.2. The van der Waals surface area contributed by atoms with Crippen molar-refractivity contribution in [2.45, 2.75) is 330 Å². The molecule has 83 heavy (non-hydrogen) atoms. The zero-order valence-corrected chi connectivity index (χ0v) is 55.4. The normalized spacial score (nSPS) is 14.4. The second kappa shape index (κ2) is 55.4. The van der Waals surface area contributed by atoms with Gasteiger partial charge in [0, 0.05) is 25.7 Å². The van der Waals surface area contributed by atoms with Gasteiger partial charge >= 0.3 is 39.5 Å². The topological polar surface area (TPSA) is 237 Å². The summed E-state index contributed by atoms with van der Waals surface area (Å²) in [5, 5.41) is 10.5. The van der Waals surface area contributed by atoms with Crippen molar-refractivity contribution in [1.29, 1.82) is 0 Å². The molecule has 0 saturated heterocycles. The summed E-state index contributed by atoms with van der Waals surface area (Å²) in [7, 11) is -9.88. The van der Waals surface area contributed by atoms with Gasteiger partial charge < -0.3 is 33.8 Å². The fourth-order valence-corrected chi connectivity index (χ4v) is 11.1. The Labute approximate surface area is 505 Å². The van der Waals surface area contributed by atoms with Crippen LogP contribution >= 0.6 is 15.6 Å². The van der Waals surface area contributed by atoms with Gasteiger partial charge in [0.1, 0.15) is 19.3 Å². The highest BCUT2D eigenvalue weighted by Gasteiger charge is 2.30. The van der Waals surface area contributed by atoms with E-state index >= 15 is 0 Å². The van der Waals surface area contributed by atoms with E-state index in [1.807, 2.05) is 0 Å². The van der Waals surface area contributed by atoms with Crippen LogP contribution in [0.5, 0.6) is 0 Å². The predicted octanol–water partition coefficient (Wildman–Crippen LogP) is 17.5. The number of phosphoric ester groups is 2. The molecule has 17 nitrogen and oxygen atoms in total. The Bertz CT molecular complexity index is 1650. The van der Waals surface area contributed by atoms with E-state index in [-0.39, 0.29) is 25.7 Å². The van der Waals surface area contributed by atoms with Gasteiger partial charge in [-0.15, -0.1) is 0 Å². The molecule has 0 aliphatic rings. The van der Waals surface area contributed by atoms with Crippen molar-refractivity contribution >= 4 is 39.5 Å². The summed E-state index contributed by atoms with van der Waals surface area (Å²) >= 11 is 0. The van der Waals surface area contributed by atoms with Crippen LogP contribution in [0.4, 0.5) is 0 Å². The van der Waals surface area contributed by atoms with Crippen LogP contribution < -0.4 is 0 Å². The van der Waals surface area contributed by atoms with Crippen molar-refractivity contribution in [3.63, 3.8) is 0 Å². The van der Waals surface area contributed by atoms with E-state index in [9.17, 15) is 43.2 Å². The van der Waals surface area contributed by atoms with Crippen LogP contribution in [-0.4, -0.2) is 96.7 Å². The molecule has 5 atom stereocenters. The van der Waals surface area contributed by atoms with Crippen LogP contribution in [0.1, 0.15) is 312 Å². The summed E-state index contributed by atoms with van der Waals surface area (Å²) in [6, 6.07) is 0. The Morgan fingerprint density at radius 3 is 0.819 bits per heavy atom. The second-order valence-corrected chi connectivity index (χ2v) is 27.5. The average Bonchev–Trinajstić information content (AvgIpc) is 3.44. The number of unbranched alkanes of at least 4 members (excludes halogenated alkanes) is 30. The van der Waals surface area contributed by atoms with Gasteiger partial charge in [0.2, 0.25) is 0 Å². The Morgan fingerprint density at radius 2 is 0.554 bits per heavy atom. The highest BCUT2D eigenvalue weighted by Crippen LogP contribution is 2.45. The van der Waals surface area contributed by atoms with E-state index in [2.05, 4.69) is 48.5 Å². The highest BCUT2D eigenvalue weighted by molar-refractivity contribution is 7.47. The van der Waals surface area contributed by atoms with Gasteiger partial charge in [0.15, 0.2) is 12.2 Å². The minimum atomic E-state index is -4.94.